The van der Waals surface area contributed by atoms with Crippen molar-refractivity contribution in [2.45, 2.75) is 19.4 Å². The zero-order chi connectivity index (χ0) is 16.5. The Kier molecular flexibility index (Phi) is 4.69. The van der Waals surface area contributed by atoms with Crippen LogP contribution in [0, 0.1) is 0 Å². The van der Waals surface area contributed by atoms with Gasteiger partial charge in [-0.3, -0.25) is 4.79 Å². The van der Waals surface area contributed by atoms with Crippen molar-refractivity contribution in [1.29, 1.82) is 0 Å². The van der Waals surface area contributed by atoms with Crippen molar-refractivity contribution in [3.05, 3.63) is 40.6 Å². The number of alkyl halides is 3. The Bertz CT molecular complexity index is 603. The van der Waals surface area contributed by atoms with Gasteiger partial charge < -0.3 is 14.4 Å². The highest BCUT2D eigenvalue weighted by Gasteiger charge is 2.32. The molecule has 1 aromatic carbocycles. The number of ether oxygens (including phenoxy) is 2. The predicted molar refractivity (Wildman–Crippen MR) is 76.4 cm³/mol. The summed E-state index contributed by atoms with van der Waals surface area (Å²) in [4.78, 5) is 13.9. The first kappa shape index (κ1) is 16.7. The quantitative estimate of drug-likeness (QED) is 0.785. The van der Waals surface area contributed by atoms with Crippen molar-refractivity contribution in [2.24, 2.45) is 0 Å². The van der Waals surface area contributed by atoms with Gasteiger partial charge in [0.15, 0.2) is 0 Å². The minimum Gasteiger partial charge on any atom is -0.492 e. The topological polar surface area (TPSA) is 38.8 Å². The maximum atomic E-state index is 12.4. The molecular formula is C14H13BrF3NO3. The summed E-state index contributed by atoms with van der Waals surface area (Å²) < 4.78 is 46.4. The Morgan fingerprint density at radius 2 is 2.14 bits per heavy atom. The van der Waals surface area contributed by atoms with Crippen LogP contribution in [-0.2, 0) is 4.74 Å². The lowest BCUT2D eigenvalue weighted by Gasteiger charge is -2.33. The van der Waals surface area contributed by atoms with E-state index in [9.17, 15) is 18.0 Å². The number of rotatable bonds is 2. The summed E-state index contributed by atoms with van der Waals surface area (Å²) in [6.45, 7) is 5.99. The van der Waals surface area contributed by atoms with Crippen molar-refractivity contribution >= 4 is 21.8 Å². The lowest BCUT2D eigenvalue weighted by Crippen LogP contribution is -2.43. The Morgan fingerprint density at radius 3 is 2.73 bits per heavy atom. The number of carbonyl (C=O) groups is 1. The van der Waals surface area contributed by atoms with Gasteiger partial charge in [0.25, 0.3) is 5.91 Å². The van der Waals surface area contributed by atoms with Gasteiger partial charge in [0.2, 0.25) is 0 Å². The van der Waals surface area contributed by atoms with E-state index in [0.29, 0.717) is 16.8 Å². The molecule has 2 rings (SSSR count). The highest BCUT2D eigenvalue weighted by atomic mass is 79.9. The van der Waals surface area contributed by atoms with Crippen LogP contribution in [0.25, 0.3) is 0 Å². The second-order valence-corrected chi connectivity index (χ2v) is 5.79. The fourth-order valence-corrected chi connectivity index (χ4v) is 2.64. The molecule has 8 heteroatoms. The molecule has 0 unspecified atom stereocenters. The molecule has 1 fully saturated rings. The number of halogens is 4. The van der Waals surface area contributed by atoms with Gasteiger partial charge in [-0.1, -0.05) is 22.5 Å². The van der Waals surface area contributed by atoms with E-state index < -0.39 is 18.0 Å². The molecule has 1 amide bonds. The fraction of sp³-hybridized carbons (Fsp3) is 0.357. The summed E-state index contributed by atoms with van der Waals surface area (Å²) in [5.41, 5.74) is 0.0931. The maximum Gasteiger partial charge on any atom is 0.573 e. The summed E-state index contributed by atoms with van der Waals surface area (Å²) in [5.74, 6) is -0.427. The van der Waals surface area contributed by atoms with E-state index in [1.807, 2.05) is 0 Å². The largest absolute Gasteiger partial charge is 0.573 e. The van der Waals surface area contributed by atoms with E-state index >= 15 is 0 Å². The molecule has 1 aliphatic heterocycles. The number of hydrogen-bond acceptors (Lipinski definition) is 3. The molecule has 1 saturated heterocycles. The van der Waals surface area contributed by atoms with Crippen LogP contribution in [0.4, 0.5) is 13.2 Å². The van der Waals surface area contributed by atoms with Crippen LogP contribution >= 0.6 is 15.9 Å². The molecule has 0 aromatic heterocycles. The van der Waals surface area contributed by atoms with E-state index in [2.05, 4.69) is 27.2 Å². The second kappa shape index (κ2) is 6.20. The van der Waals surface area contributed by atoms with E-state index in [0.717, 1.165) is 12.1 Å². The highest BCUT2D eigenvalue weighted by molar-refractivity contribution is 9.10. The molecule has 0 N–H and O–H groups in total. The summed E-state index contributed by atoms with van der Waals surface area (Å²) in [6, 6.07) is 3.64. The molecule has 1 aliphatic rings. The first-order valence-corrected chi connectivity index (χ1v) is 7.13. The normalized spacial score (nSPS) is 18.9. The van der Waals surface area contributed by atoms with Gasteiger partial charge in [0, 0.05) is 10.0 Å². The van der Waals surface area contributed by atoms with Gasteiger partial charge in [-0.05, 0) is 25.1 Å². The molecular weight excluding hydrogens is 367 g/mol. The van der Waals surface area contributed by atoms with Crippen molar-refractivity contribution in [3.8, 4) is 5.75 Å². The number of amides is 1. The van der Waals surface area contributed by atoms with Crippen molar-refractivity contribution in [2.75, 3.05) is 13.1 Å². The maximum absolute atomic E-state index is 12.4. The van der Waals surface area contributed by atoms with E-state index in [1.54, 1.807) is 6.92 Å². The smallest absolute Gasteiger partial charge is 0.492 e. The molecule has 1 atom stereocenters. The third-order valence-corrected chi connectivity index (χ3v) is 3.31. The molecule has 0 radical (unpaired) electrons. The minimum atomic E-state index is -4.82. The molecule has 0 saturated carbocycles. The molecule has 120 valence electrons. The summed E-state index contributed by atoms with van der Waals surface area (Å²) in [7, 11) is 0. The third kappa shape index (κ3) is 4.40. The summed E-state index contributed by atoms with van der Waals surface area (Å²) >= 11 is 3.08. The van der Waals surface area contributed by atoms with Crippen LogP contribution in [0.1, 0.15) is 17.3 Å². The van der Waals surface area contributed by atoms with Crippen LogP contribution in [0.15, 0.2) is 35.0 Å². The van der Waals surface area contributed by atoms with Crippen LogP contribution in [-0.4, -0.2) is 36.4 Å². The van der Waals surface area contributed by atoms with E-state index in [1.165, 1.54) is 11.0 Å². The molecule has 1 aromatic rings. The van der Waals surface area contributed by atoms with Gasteiger partial charge in [-0.25, -0.2) is 0 Å². The van der Waals surface area contributed by atoms with E-state index in [4.69, 9.17) is 4.74 Å². The number of carbonyl (C=O) groups excluding carboxylic acids is 1. The van der Waals surface area contributed by atoms with Crippen molar-refractivity contribution < 1.29 is 27.4 Å². The van der Waals surface area contributed by atoms with Crippen molar-refractivity contribution in [3.63, 3.8) is 0 Å². The van der Waals surface area contributed by atoms with Crippen molar-refractivity contribution in [1.82, 2.24) is 4.90 Å². The first-order chi connectivity index (χ1) is 10.1. The Morgan fingerprint density at radius 1 is 1.45 bits per heavy atom. The number of hydrogen-bond donors (Lipinski definition) is 0. The van der Waals surface area contributed by atoms with E-state index in [-0.39, 0.29) is 18.2 Å². The third-order valence-electron chi connectivity index (χ3n) is 2.85. The number of benzene rings is 1. The van der Waals surface area contributed by atoms with Gasteiger partial charge in [0.1, 0.15) is 17.6 Å². The molecule has 1 heterocycles. The zero-order valence-electron chi connectivity index (χ0n) is 11.6. The Hall–Kier alpha value is -1.70. The monoisotopic (exact) mass is 379 g/mol. The molecule has 0 bridgehead atoms. The average Bonchev–Trinajstić information content (AvgIpc) is 2.33. The van der Waals surface area contributed by atoms with Gasteiger partial charge in [-0.15, -0.1) is 13.2 Å². The SMILES string of the molecule is C=C1CN(C(=O)c2cc(Br)cc(OC(F)(F)F)c2)C[C@@H](C)O1. The van der Waals surface area contributed by atoms with Crippen LogP contribution in [0.3, 0.4) is 0 Å². The average molecular weight is 380 g/mol. The second-order valence-electron chi connectivity index (χ2n) is 4.88. The highest BCUT2D eigenvalue weighted by Crippen LogP contribution is 2.28. The number of nitrogens with zero attached hydrogens (tertiary/aromatic N) is 1. The summed E-state index contributed by atoms with van der Waals surface area (Å²) in [5, 5.41) is 0. The van der Waals surface area contributed by atoms with Crippen LogP contribution in [0.5, 0.6) is 5.75 Å². The van der Waals surface area contributed by atoms with Gasteiger partial charge in [0.05, 0.1) is 13.1 Å². The standard InChI is InChI=1S/C14H13BrF3NO3/c1-8-6-19(7-9(2)21-8)13(20)10-3-11(15)5-12(4-10)22-14(16,17)18/h3-5,9H,1,6-7H2,2H3/t9-/m1/s1. The Labute approximate surface area is 133 Å². The lowest BCUT2D eigenvalue weighted by atomic mass is 10.1. The van der Waals surface area contributed by atoms with Crippen LogP contribution < -0.4 is 4.74 Å². The zero-order valence-corrected chi connectivity index (χ0v) is 13.2. The minimum absolute atomic E-state index is 0.0931. The molecule has 0 spiro atoms. The van der Waals surface area contributed by atoms with Gasteiger partial charge in [-0.2, -0.15) is 0 Å². The number of morpholine rings is 1. The van der Waals surface area contributed by atoms with Crippen LogP contribution in [0.2, 0.25) is 0 Å². The summed E-state index contributed by atoms with van der Waals surface area (Å²) in [6.07, 6.45) is -5.04. The van der Waals surface area contributed by atoms with Gasteiger partial charge >= 0.3 is 6.36 Å². The fourth-order valence-electron chi connectivity index (χ4n) is 2.16. The lowest BCUT2D eigenvalue weighted by molar-refractivity contribution is -0.274. The molecule has 22 heavy (non-hydrogen) atoms. The Balaban J connectivity index is 2.24. The molecule has 4 nitrogen and oxygen atoms in total. The predicted octanol–water partition coefficient (Wildman–Crippen LogP) is 3.72. The molecule has 0 aliphatic carbocycles. The first-order valence-electron chi connectivity index (χ1n) is 6.34.